The van der Waals surface area contributed by atoms with Crippen molar-refractivity contribution in [1.29, 1.82) is 0 Å². The van der Waals surface area contributed by atoms with Crippen molar-refractivity contribution >= 4 is 39.6 Å². The number of benzene rings is 2. The Morgan fingerprint density at radius 2 is 1.84 bits per heavy atom. The van der Waals surface area contributed by atoms with Crippen molar-refractivity contribution in [2.24, 2.45) is 4.40 Å². The number of nitrogens with zero attached hydrogens (tertiary/aromatic N) is 4. The maximum atomic E-state index is 13.0. The number of halogens is 4. The molecule has 0 aliphatic rings. The number of amides is 1. The van der Waals surface area contributed by atoms with E-state index in [1.165, 1.54) is 23.1 Å². The number of aromatic nitrogens is 2. The number of hydrogen-bond donors (Lipinski definition) is 1. The van der Waals surface area contributed by atoms with E-state index in [0.29, 0.717) is 10.6 Å². The molecule has 0 aliphatic heterocycles. The van der Waals surface area contributed by atoms with Crippen molar-refractivity contribution in [3.63, 3.8) is 0 Å². The molecule has 2 aromatic carbocycles. The van der Waals surface area contributed by atoms with E-state index in [0.717, 1.165) is 18.7 Å². The molecular formula is C23H21ClF3N5O4S. The SMILES string of the molecule is CN(C)C=NS(=O)(=O)c1cc(NC(=O)Cc2ccccc2Cl)ccc1-c1cnc(OCC(F)(F)F)nc1. The summed E-state index contributed by atoms with van der Waals surface area (Å²) in [4.78, 5) is 21.1. The molecule has 9 nitrogen and oxygen atoms in total. The van der Waals surface area contributed by atoms with Gasteiger partial charge in [0.1, 0.15) is 6.34 Å². The van der Waals surface area contributed by atoms with Crippen LogP contribution in [-0.4, -0.2) is 62.4 Å². The van der Waals surface area contributed by atoms with Crippen molar-refractivity contribution < 1.29 is 31.1 Å². The van der Waals surface area contributed by atoms with Crippen molar-refractivity contribution in [1.82, 2.24) is 14.9 Å². The van der Waals surface area contributed by atoms with Gasteiger partial charge in [-0.2, -0.15) is 21.6 Å². The molecular weight excluding hydrogens is 535 g/mol. The monoisotopic (exact) mass is 555 g/mol. The van der Waals surface area contributed by atoms with Crippen molar-refractivity contribution in [2.75, 3.05) is 26.0 Å². The maximum Gasteiger partial charge on any atom is 0.422 e. The predicted octanol–water partition coefficient (Wildman–Crippen LogP) is 4.20. The Morgan fingerprint density at radius 1 is 1.16 bits per heavy atom. The molecule has 1 heterocycles. The van der Waals surface area contributed by atoms with Crippen molar-refractivity contribution in [3.05, 3.63) is 65.4 Å². The Kier molecular flexibility index (Phi) is 8.71. The molecule has 1 amide bonds. The van der Waals surface area contributed by atoms with Crippen LogP contribution in [0.25, 0.3) is 11.1 Å². The Labute approximate surface area is 216 Å². The molecule has 0 atom stereocenters. The molecule has 196 valence electrons. The minimum atomic E-state index is -4.57. The summed E-state index contributed by atoms with van der Waals surface area (Å²) >= 11 is 6.10. The normalized spacial score (nSPS) is 11.9. The van der Waals surface area contributed by atoms with Crippen LogP contribution in [0.3, 0.4) is 0 Å². The van der Waals surface area contributed by atoms with E-state index < -0.39 is 34.7 Å². The molecule has 1 N–H and O–H groups in total. The number of sulfonamides is 1. The Balaban J connectivity index is 1.93. The van der Waals surface area contributed by atoms with E-state index in [1.54, 1.807) is 38.4 Å². The first-order valence-corrected chi connectivity index (χ1v) is 12.3. The third-order valence-corrected chi connectivity index (χ3v) is 6.21. The lowest BCUT2D eigenvalue weighted by molar-refractivity contribution is -0.154. The second-order valence-electron chi connectivity index (χ2n) is 7.85. The van der Waals surface area contributed by atoms with Crippen molar-refractivity contribution in [2.45, 2.75) is 17.5 Å². The summed E-state index contributed by atoms with van der Waals surface area (Å²) < 4.78 is 71.3. The first-order chi connectivity index (χ1) is 17.3. The van der Waals surface area contributed by atoms with Crippen LogP contribution < -0.4 is 10.1 Å². The molecule has 37 heavy (non-hydrogen) atoms. The van der Waals surface area contributed by atoms with E-state index in [2.05, 4.69) is 24.4 Å². The zero-order valence-electron chi connectivity index (χ0n) is 19.5. The maximum absolute atomic E-state index is 13.0. The van der Waals surface area contributed by atoms with Crippen LogP contribution in [0.5, 0.6) is 6.01 Å². The van der Waals surface area contributed by atoms with Gasteiger partial charge in [0.15, 0.2) is 6.61 Å². The van der Waals surface area contributed by atoms with Crippen LogP contribution in [0.2, 0.25) is 5.02 Å². The highest BCUT2D eigenvalue weighted by atomic mass is 35.5. The van der Waals surface area contributed by atoms with E-state index in [1.807, 2.05) is 0 Å². The van der Waals surface area contributed by atoms with Crippen LogP contribution in [-0.2, 0) is 21.2 Å². The lowest BCUT2D eigenvalue weighted by Crippen LogP contribution is -2.20. The molecule has 0 radical (unpaired) electrons. The number of hydrogen-bond acceptors (Lipinski definition) is 6. The van der Waals surface area contributed by atoms with Gasteiger partial charge in [0.25, 0.3) is 10.0 Å². The molecule has 0 saturated heterocycles. The Hall–Kier alpha value is -3.71. The molecule has 0 fully saturated rings. The third-order valence-electron chi connectivity index (χ3n) is 4.57. The standard InChI is InChI=1S/C23H21ClF3N5O4S/c1-32(2)14-30-37(34,35)20-10-17(31-21(33)9-15-5-3-4-6-19(15)24)7-8-18(20)16-11-28-22(29-12-16)36-13-23(25,26)27/h3-8,10-12,14H,9,13H2,1-2H3,(H,31,33). The molecule has 14 heteroatoms. The van der Waals surface area contributed by atoms with Crippen LogP contribution >= 0.6 is 11.6 Å². The number of ether oxygens (including phenoxy) is 1. The van der Waals surface area contributed by atoms with Crippen LogP contribution in [0.15, 0.2) is 64.2 Å². The fourth-order valence-electron chi connectivity index (χ4n) is 2.96. The molecule has 0 bridgehead atoms. The third kappa shape index (κ3) is 8.15. The van der Waals surface area contributed by atoms with Crippen LogP contribution in [0, 0.1) is 0 Å². The second kappa shape index (κ2) is 11.6. The average Bonchev–Trinajstić information content (AvgIpc) is 2.83. The molecule has 0 unspecified atom stereocenters. The summed E-state index contributed by atoms with van der Waals surface area (Å²) in [6, 6.07) is 10.4. The van der Waals surface area contributed by atoms with Gasteiger partial charge < -0.3 is 15.0 Å². The minimum absolute atomic E-state index is 0.0461. The summed E-state index contributed by atoms with van der Waals surface area (Å²) in [5, 5.41) is 3.05. The number of nitrogens with one attached hydrogen (secondary N) is 1. The first kappa shape index (κ1) is 27.9. The van der Waals surface area contributed by atoms with E-state index in [4.69, 9.17) is 11.6 Å². The summed E-state index contributed by atoms with van der Waals surface area (Å²) in [6.45, 7) is -1.58. The topological polar surface area (TPSA) is 114 Å². The van der Waals surface area contributed by atoms with Gasteiger partial charge in [-0.05, 0) is 23.8 Å². The van der Waals surface area contributed by atoms with E-state index in [-0.39, 0.29) is 28.1 Å². The fourth-order valence-corrected chi connectivity index (χ4v) is 4.33. The van der Waals surface area contributed by atoms with E-state index >= 15 is 0 Å². The number of rotatable bonds is 9. The van der Waals surface area contributed by atoms with Crippen LogP contribution in [0.1, 0.15) is 5.56 Å². The number of alkyl halides is 3. The van der Waals surface area contributed by atoms with Gasteiger partial charge in [0.2, 0.25) is 5.91 Å². The van der Waals surface area contributed by atoms with Gasteiger partial charge in [-0.25, -0.2) is 9.97 Å². The van der Waals surface area contributed by atoms with Gasteiger partial charge >= 0.3 is 12.2 Å². The predicted molar refractivity (Wildman–Crippen MR) is 132 cm³/mol. The first-order valence-electron chi connectivity index (χ1n) is 10.5. The molecule has 1 aromatic heterocycles. The summed E-state index contributed by atoms with van der Waals surface area (Å²) in [6.07, 6.45) is -1.28. The minimum Gasteiger partial charge on any atom is -0.454 e. The molecule has 3 aromatic rings. The summed E-state index contributed by atoms with van der Waals surface area (Å²) in [5.41, 5.74) is 1.05. The Bertz CT molecular complexity index is 1400. The van der Waals surface area contributed by atoms with Gasteiger partial charge in [-0.3, -0.25) is 4.79 Å². The Morgan fingerprint density at radius 3 is 2.46 bits per heavy atom. The smallest absolute Gasteiger partial charge is 0.422 e. The van der Waals surface area contributed by atoms with Crippen molar-refractivity contribution in [3.8, 4) is 17.1 Å². The molecule has 0 spiro atoms. The average molecular weight is 556 g/mol. The van der Waals surface area contributed by atoms with E-state index in [9.17, 15) is 26.4 Å². The molecule has 0 aliphatic carbocycles. The highest BCUT2D eigenvalue weighted by Gasteiger charge is 2.29. The van der Waals surface area contributed by atoms with Crippen LogP contribution in [0.4, 0.5) is 18.9 Å². The quantitative estimate of drug-likeness (QED) is 0.311. The summed E-state index contributed by atoms with van der Waals surface area (Å²) in [5.74, 6) is -0.435. The zero-order valence-corrected chi connectivity index (χ0v) is 21.1. The zero-order chi connectivity index (χ0) is 27.2. The lowest BCUT2D eigenvalue weighted by atomic mass is 10.1. The largest absolute Gasteiger partial charge is 0.454 e. The highest BCUT2D eigenvalue weighted by Crippen LogP contribution is 2.31. The molecule has 3 rings (SSSR count). The highest BCUT2D eigenvalue weighted by molar-refractivity contribution is 7.90. The van der Waals surface area contributed by atoms with Gasteiger partial charge in [0, 0.05) is 48.3 Å². The number of anilines is 1. The lowest BCUT2D eigenvalue weighted by Gasteiger charge is -2.13. The summed E-state index contributed by atoms with van der Waals surface area (Å²) in [7, 11) is -1.11. The van der Waals surface area contributed by atoms with Gasteiger partial charge in [-0.1, -0.05) is 35.9 Å². The number of carbonyl (C=O) groups excluding carboxylic acids is 1. The van der Waals surface area contributed by atoms with Gasteiger partial charge in [-0.15, -0.1) is 4.40 Å². The molecule has 0 saturated carbocycles. The fraction of sp³-hybridized carbons (Fsp3) is 0.217. The van der Waals surface area contributed by atoms with Gasteiger partial charge in [0.05, 0.1) is 11.3 Å². The second-order valence-corrected chi connectivity index (χ2v) is 9.85. The number of carbonyl (C=O) groups is 1.